The Labute approximate surface area is 107 Å². The molecule has 1 unspecified atom stereocenters. The summed E-state index contributed by atoms with van der Waals surface area (Å²) < 4.78 is 5.31. The van der Waals surface area contributed by atoms with Crippen molar-refractivity contribution >= 4 is 5.97 Å². The average molecular weight is 249 g/mol. The lowest BCUT2D eigenvalue weighted by Gasteiger charge is -2.24. The number of β-amino-alcohol motifs (C(OH)–C–C–N with tert-alkyl or cyclic N) is 1. The van der Waals surface area contributed by atoms with Crippen molar-refractivity contribution in [3.05, 3.63) is 34.9 Å². The number of carbonyl (C=O) groups excluding carboxylic acids is 1. The van der Waals surface area contributed by atoms with Gasteiger partial charge in [0, 0.05) is 13.1 Å². The molecule has 1 atom stereocenters. The van der Waals surface area contributed by atoms with Crippen LogP contribution in [0.3, 0.4) is 0 Å². The molecule has 0 radical (unpaired) electrons. The van der Waals surface area contributed by atoms with Crippen molar-refractivity contribution in [2.45, 2.75) is 39.0 Å². The minimum Gasteiger partial charge on any atom is -0.456 e. The molecule has 2 rings (SSSR count). The van der Waals surface area contributed by atoms with Gasteiger partial charge in [-0.1, -0.05) is 6.07 Å². The SMILES string of the molecule is CC(C)(C)OC(=O)c1ccc2c(c1)C(O)CNC2. The summed E-state index contributed by atoms with van der Waals surface area (Å²) in [6.45, 7) is 6.75. The number of carbonyl (C=O) groups is 1. The first kappa shape index (κ1) is 13.1. The maximum absolute atomic E-state index is 11.9. The topological polar surface area (TPSA) is 58.6 Å². The van der Waals surface area contributed by atoms with Crippen LogP contribution in [0.2, 0.25) is 0 Å². The highest BCUT2D eigenvalue weighted by molar-refractivity contribution is 5.90. The van der Waals surface area contributed by atoms with Crippen molar-refractivity contribution in [2.75, 3.05) is 6.54 Å². The second-order valence-electron chi connectivity index (χ2n) is 5.56. The van der Waals surface area contributed by atoms with E-state index in [4.69, 9.17) is 4.74 Å². The number of hydrogen-bond acceptors (Lipinski definition) is 4. The Hall–Kier alpha value is -1.39. The standard InChI is InChI=1S/C14H19NO3/c1-14(2,3)18-13(17)9-4-5-10-7-15-8-12(16)11(10)6-9/h4-6,12,15-16H,7-8H2,1-3H3. The van der Waals surface area contributed by atoms with Crippen LogP contribution in [-0.2, 0) is 11.3 Å². The van der Waals surface area contributed by atoms with Gasteiger partial charge in [0.25, 0.3) is 0 Å². The van der Waals surface area contributed by atoms with Crippen LogP contribution in [0, 0.1) is 0 Å². The van der Waals surface area contributed by atoms with E-state index in [1.54, 1.807) is 12.1 Å². The Morgan fingerprint density at radius 1 is 1.44 bits per heavy atom. The van der Waals surface area contributed by atoms with Crippen LogP contribution in [0.4, 0.5) is 0 Å². The first-order valence-electron chi connectivity index (χ1n) is 6.12. The molecule has 98 valence electrons. The number of aliphatic hydroxyl groups excluding tert-OH is 1. The summed E-state index contributed by atoms with van der Waals surface area (Å²) >= 11 is 0. The minimum absolute atomic E-state index is 0.351. The van der Waals surface area contributed by atoms with Crippen molar-refractivity contribution in [1.29, 1.82) is 0 Å². The van der Waals surface area contributed by atoms with E-state index in [0.29, 0.717) is 12.1 Å². The molecule has 0 bridgehead atoms. The van der Waals surface area contributed by atoms with Crippen LogP contribution >= 0.6 is 0 Å². The van der Waals surface area contributed by atoms with Crippen molar-refractivity contribution in [3.8, 4) is 0 Å². The van der Waals surface area contributed by atoms with Crippen molar-refractivity contribution in [1.82, 2.24) is 5.32 Å². The van der Waals surface area contributed by atoms with E-state index in [-0.39, 0.29) is 5.97 Å². The number of esters is 1. The van der Waals surface area contributed by atoms with Crippen LogP contribution in [-0.4, -0.2) is 23.2 Å². The molecule has 0 spiro atoms. The van der Waals surface area contributed by atoms with Gasteiger partial charge in [0.15, 0.2) is 0 Å². The van der Waals surface area contributed by atoms with Crippen LogP contribution in [0.25, 0.3) is 0 Å². The lowest BCUT2D eigenvalue weighted by Crippen LogP contribution is -2.29. The van der Waals surface area contributed by atoms with Gasteiger partial charge in [-0.2, -0.15) is 0 Å². The lowest BCUT2D eigenvalue weighted by atomic mass is 9.96. The second-order valence-corrected chi connectivity index (χ2v) is 5.56. The molecular weight excluding hydrogens is 230 g/mol. The van der Waals surface area contributed by atoms with E-state index in [9.17, 15) is 9.90 Å². The number of ether oxygens (including phenoxy) is 1. The van der Waals surface area contributed by atoms with E-state index in [1.807, 2.05) is 26.8 Å². The quantitative estimate of drug-likeness (QED) is 0.745. The normalized spacial score (nSPS) is 19.2. The fraction of sp³-hybridized carbons (Fsp3) is 0.500. The van der Waals surface area contributed by atoms with E-state index in [2.05, 4.69) is 5.32 Å². The molecule has 1 heterocycles. The van der Waals surface area contributed by atoms with Crippen molar-refractivity contribution in [3.63, 3.8) is 0 Å². The van der Waals surface area contributed by atoms with Gasteiger partial charge in [-0.25, -0.2) is 4.79 Å². The van der Waals surface area contributed by atoms with E-state index < -0.39 is 11.7 Å². The summed E-state index contributed by atoms with van der Waals surface area (Å²) in [7, 11) is 0. The average Bonchev–Trinajstić information content (AvgIpc) is 2.27. The molecule has 1 aromatic carbocycles. The Morgan fingerprint density at radius 2 is 2.17 bits per heavy atom. The van der Waals surface area contributed by atoms with Gasteiger partial charge in [-0.15, -0.1) is 0 Å². The number of fused-ring (bicyclic) bond motifs is 1. The number of benzene rings is 1. The molecule has 4 nitrogen and oxygen atoms in total. The van der Waals surface area contributed by atoms with Gasteiger partial charge in [0.1, 0.15) is 5.60 Å². The monoisotopic (exact) mass is 249 g/mol. The summed E-state index contributed by atoms with van der Waals surface area (Å²) in [5.74, 6) is -0.351. The summed E-state index contributed by atoms with van der Waals surface area (Å²) in [6, 6.07) is 5.34. The first-order valence-corrected chi connectivity index (χ1v) is 6.12. The molecule has 4 heteroatoms. The number of rotatable bonds is 1. The predicted molar refractivity (Wildman–Crippen MR) is 68.3 cm³/mol. The second kappa shape index (κ2) is 4.71. The molecular formula is C14H19NO3. The third-order valence-electron chi connectivity index (χ3n) is 2.79. The smallest absolute Gasteiger partial charge is 0.338 e. The molecule has 1 aliphatic heterocycles. The van der Waals surface area contributed by atoms with E-state index >= 15 is 0 Å². The Bertz CT molecular complexity index is 463. The molecule has 0 aliphatic carbocycles. The number of aliphatic hydroxyl groups is 1. The molecule has 1 aliphatic rings. The molecule has 0 saturated heterocycles. The Balaban J connectivity index is 2.25. The van der Waals surface area contributed by atoms with Gasteiger partial charge < -0.3 is 15.2 Å². The highest BCUT2D eigenvalue weighted by atomic mass is 16.6. The third kappa shape index (κ3) is 2.89. The van der Waals surface area contributed by atoms with Crippen LogP contribution in [0.1, 0.15) is 48.4 Å². The van der Waals surface area contributed by atoms with Gasteiger partial charge in [0.2, 0.25) is 0 Å². The van der Waals surface area contributed by atoms with Crippen LogP contribution < -0.4 is 5.32 Å². The minimum atomic E-state index is -0.559. The maximum atomic E-state index is 11.9. The highest BCUT2D eigenvalue weighted by Gasteiger charge is 2.22. The van der Waals surface area contributed by atoms with Crippen molar-refractivity contribution in [2.24, 2.45) is 0 Å². The lowest BCUT2D eigenvalue weighted by molar-refractivity contribution is 0.00692. The molecule has 0 saturated carbocycles. The Morgan fingerprint density at radius 3 is 2.83 bits per heavy atom. The fourth-order valence-electron chi connectivity index (χ4n) is 1.98. The van der Waals surface area contributed by atoms with Gasteiger partial charge in [-0.3, -0.25) is 0 Å². The fourth-order valence-corrected chi connectivity index (χ4v) is 1.98. The zero-order valence-electron chi connectivity index (χ0n) is 11.0. The molecule has 0 fully saturated rings. The predicted octanol–water partition coefficient (Wildman–Crippen LogP) is 1.78. The van der Waals surface area contributed by atoms with Crippen molar-refractivity contribution < 1.29 is 14.6 Å². The van der Waals surface area contributed by atoms with Crippen LogP contribution in [0.5, 0.6) is 0 Å². The summed E-state index contributed by atoms with van der Waals surface area (Å²) in [5.41, 5.74) is 1.83. The number of hydrogen-bond donors (Lipinski definition) is 2. The van der Waals surface area contributed by atoms with Gasteiger partial charge >= 0.3 is 5.97 Å². The van der Waals surface area contributed by atoms with E-state index in [1.165, 1.54) is 0 Å². The van der Waals surface area contributed by atoms with Gasteiger partial charge in [-0.05, 0) is 44.0 Å². The maximum Gasteiger partial charge on any atom is 0.338 e. The molecule has 18 heavy (non-hydrogen) atoms. The Kier molecular flexibility index (Phi) is 3.41. The molecule has 1 aromatic rings. The zero-order chi connectivity index (χ0) is 13.3. The summed E-state index contributed by atoms with van der Waals surface area (Å²) in [6.07, 6.45) is -0.559. The molecule has 0 aromatic heterocycles. The largest absolute Gasteiger partial charge is 0.456 e. The molecule has 0 amide bonds. The summed E-state index contributed by atoms with van der Waals surface area (Å²) in [5, 5.41) is 13.0. The first-order chi connectivity index (χ1) is 8.37. The van der Waals surface area contributed by atoms with E-state index in [0.717, 1.165) is 17.7 Å². The third-order valence-corrected chi connectivity index (χ3v) is 2.79. The molecule has 2 N–H and O–H groups in total. The summed E-state index contributed by atoms with van der Waals surface area (Å²) in [4.78, 5) is 11.9. The highest BCUT2D eigenvalue weighted by Crippen LogP contribution is 2.24. The zero-order valence-corrected chi connectivity index (χ0v) is 11.0. The van der Waals surface area contributed by atoms with Gasteiger partial charge in [0.05, 0.1) is 11.7 Å². The number of nitrogens with one attached hydrogen (secondary N) is 1. The van der Waals surface area contributed by atoms with Crippen LogP contribution in [0.15, 0.2) is 18.2 Å².